The Bertz CT molecular complexity index is 550. The Balaban J connectivity index is 2.36. The number of Topliss-reactive ketones (excluding diaryl/α,β-unsaturated/α-hetero) is 1. The summed E-state index contributed by atoms with van der Waals surface area (Å²) in [6.45, 7) is 1.67. The number of benzene rings is 1. The summed E-state index contributed by atoms with van der Waals surface area (Å²) in [5.74, 6) is -0.172. The summed E-state index contributed by atoms with van der Waals surface area (Å²) in [4.78, 5) is 15.2. The van der Waals surface area contributed by atoms with Gasteiger partial charge in [-0.3, -0.25) is 9.78 Å². The van der Waals surface area contributed by atoms with Crippen LogP contribution in [0.1, 0.15) is 22.8 Å². The van der Waals surface area contributed by atoms with Crippen LogP contribution in [0.25, 0.3) is 0 Å². The van der Waals surface area contributed by atoms with E-state index in [0.29, 0.717) is 16.1 Å². The summed E-state index contributed by atoms with van der Waals surface area (Å²) in [6.07, 6.45) is 3.24. The van der Waals surface area contributed by atoms with Gasteiger partial charge in [-0.15, -0.1) is 11.6 Å². The van der Waals surface area contributed by atoms with Gasteiger partial charge in [0.1, 0.15) is 4.87 Å². The van der Waals surface area contributed by atoms with E-state index in [2.05, 4.69) is 4.98 Å². The topological polar surface area (TPSA) is 30.0 Å². The fourth-order valence-corrected chi connectivity index (χ4v) is 1.99. The van der Waals surface area contributed by atoms with E-state index in [-0.39, 0.29) is 5.78 Å². The number of alkyl halides is 1. The Morgan fingerprint density at radius 3 is 2.44 bits per heavy atom. The molecule has 0 aliphatic carbocycles. The normalized spacial score (nSPS) is 13.9. The second kappa shape index (κ2) is 5.09. The Labute approximate surface area is 116 Å². The molecule has 1 aromatic carbocycles. The van der Waals surface area contributed by atoms with E-state index in [1.807, 2.05) is 0 Å². The summed E-state index contributed by atoms with van der Waals surface area (Å²) in [7, 11) is 0. The standard InChI is InChI=1S/C14H11Cl2NO/c1-14(16,11-3-2-8-17-9-11)13(18)10-4-6-12(15)7-5-10/h2-9H,1H3. The number of carbonyl (C=O) groups is 1. The van der Waals surface area contributed by atoms with Gasteiger partial charge < -0.3 is 0 Å². The molecule has 0 aliphatic rings. The number of carbonyl (C=O) groups excluding carboxylic acids is 1. The van der Waals surface area contributed by atoms with Gasteiger partial charge in [0, 0.05) is 23.0 Å². The van der Waals surface area contributed by atoms with Gasteiger partial charge in [0.05, 0.1) is 0 Å². The smallest absolute Gasteiger partial charge is 0.187 e. The van der Waals surface area contributed by atoms with Gasteiger partial charge in [0.25, 0.3) is 0 Å². The quantitative estimate of drug-likeness (QED) is 0.626. The third kappa shape index (κ3) is 2.55. The average Bonchev–Trinajstić information content (AvgIpc) is 2.40. The molecule has 0 aliphatic heterocycles. The lowest BCUT2D eigenvalue weighted by Crippen LogP contribution is -2.26. The summed E-state index contributed by atoms with van der Waals surface area (Å²) in [5, 5.41) is 0.587. The Kier molecular flexibility index (Phi) is 3.69. The maximum absolute atomic E-state index is 12.4. The first-order valence-corrected chi connectivity index (χ1v) is 6.17. The second-order valence-electron chi connectivity index (χ2n) is 4.08. The molecule has 0 bridgehead atoms. The molecule has 0 fully saturated rings. The molecule has 4 heteroatoms. The predicted molar refractivity (Wildman–Crippen MR) is 73.2 cm³/mol. The first-order chi connectivity index (χ1) is 8.51. The molecule has 0 spiro atoms. The number of rotatable bonds is 3. The fourth-order valence-electron chi connectivity index (χ4n) is 1.64. The van der Waals surface area contributed by atoms with Gasteiger partial charge in [-0.2, -0.15) is 0 Å². The number of hydrogen-bond donors (Lipinski definition) is 0. The van der Waals surface area contributed by atoms with Crippen molar-refractivity contribution in [3.05, 3.63) is 64.9 Å². The first kappa shape index (κ1) is 13.1. The van der Waals surface area contributed by atoms with Crippen molar-refractivity contribution in [2.75, 3.05) is 0 Å². The van der Waals surface area contributed by atoms with Crippen molar-refractivity contribution in [1.82, 2.24) is 4.98 Å². The maximum atomic E-state index is 12.4. The van der Waals surface area contributed by atoms with Crippen LogP contribution in [0.3, 0.4) is 0 Å². The van der Waals surface area contributed by atoms with E-state index in [1.165, 1.54) is 0 Å². The minimum absolute atomic E-state index is 0.172. The Morgan fingerprint density at radius 1 is 1.22 bits per heavy atom. The first-order valence-electron chi connectivity index (χ1n) is 5.41. The number of hydrogen-bond acceptors (Lipinski definition) is 2. The molecule has 2 aromatic rings. The Hall–Kier alpha value is -1.38. The van der Waals surface area contributed by atoms with Crippen LogP contribution in [0.15, 0.2) is 48.8 Å². The minimum atomic E-state index is -1.12. The zero-order chi connectivity index (χ0) is 13.2. The van der Waals surface area contributed by atoms with Crippen molar-refractivity contribution in [3.63, 3.8) is 0 Å². The lowest BCUT2D eigenvalue weighted by molar-refractivity contribution is 0.0945. The highest BCUT2D eigenvalue weighted by atomic mass is 35.5. The fraction of sp³-hybridized carbons (Fsp3) is 0.143. The molecule has 0 N–H and O–H groups in total. The van der Waals surface area contributed by atoms with Crippen LogP contribution in [-0.4, -0.2) is 10.8 Å². The molecular weight excluding hydrogens is 269 g/mol. The zero-order valence-corrected chi connectivity index (χ0v) is 11.2. The summed E-state index contributed by atoms with van der Waals surface area (Å²) in [6, 6.07) is 10.2. The van der Waals surface area contributed by atoms with Crippen LogP contribution in [0, 0.1) is 0 Å². The van der Waals surface area contributed by atoms with Crippen molar-refractivity contribution in [3.8, 4) is 0 Å². The van der Waals surface area contributed by atoms with Gasteiger partial charge >= 0.3 is 0 Å². The SMILES string of the molecule is CC(Cl)(C(=O)c1ccc(Cl)cc1)c1cccnc1. The van der Waals surface area contributed by atoms with E-state index in [0.717, 1.165) is 0 Å². The molecule has 2 rings (SSSR count). The molecule has 1 heterocycles. The van der Waals surface area contributed by atoms with Crippen LogP contribution in [-0.2, 0) is 4.87 Å². The third-order valence-electron chi connectivity index (χ3n) is 2.74. The lowest BCUT2D eigenvalue weighted by Gasteiger charge is -2.20. The number of pyridine rings is 1. The molecule has 2 nitrogen and oxygen atoms in total. The third-order valence-corrected chi connectivity index (χ3v) is 3.38. The highest BCUT2D eigenvalue weighted by Crippen LogP contribution is 2.32. The van der Waals surface area contributed by atoms with Gasteiger partial charge in [-0.25, -0.2) is 0 Å². The molecule has 0 saturated heterocycles. The van der Waals surface area contributed by atoms with Gasteiger partial charge in [0.15, 0.2) is 5.78 Å². The summed E-state index contributed by atoms with van der Waals surface area (Å²) >= 11 is 12.2. The van der Waals surface area contributed by atoms with Crippen molar-refractivity contribution in [2.24, 2.45) is 0 Å². The van der Waals surface area contributed by atoms with E-state index >= 15 is 0 Å². The summed E-state index contributed by atoms with van der Waals surface area (Å²) < 4.78 is 0. The average molecular weight is 280 g/mol. The molecule has 0 radical (unpaired) electrons. The molecule has 0 amide bonds. The molecule has 92 valence electrons. The highest BCUT2D eigenvalue weighted by molar-refractivity contribution is 6.37. The molecule has 1 aromatic heterocycles. The minimum Gasteiger partial charge on any atom is -0.292 e. The number of ketones is 1. The summed E-state index contributed by atoms with van der Waals surface area (Å²) in [5.41, 5.74) is 1.20. The van der Waals surface area contributed by atoms with Crippen LogP contribution < -0.4 is 0 Å². The van der Waals surface area contributed by atoms with Crippen molar-refractivity contribution in [1.29, 1.82) is 0 Å². The number of aromatic nitrogens is 1. The second-order valence-corrected chi connectivity index (χ2v) is 5.27. The zero-order valence-electron chi connectivity index (χ0n) is 9.73. The van der Waals surface area contributed by atoms with E-state index in [4.69, 9.17) is 23.2 Å². The van der Waals surface area contributed by atoms with Gasteiger partial charge in [-0.1, -0.05) is 17.7 Å². The lowest BCUT2D eigenvalue weighted by atomic mass is 9.92. The van der Waals surface area contributed by atoms with Crippen LogP contribution in [0.5, 0.6) is 0 Å². The van der Waals surface area contributed by atoms with Gasteiger partial charge in [-0.05, 0) is 42.8 Å². The molecule has 1 unspecified atom stereocenters. The van der Waals surface area contributed by atoms with Crippen molar-refractivity contribution >= 4 is 29.0 Å². The van der Waals surface area contributed by atoms with E-state index < -0.39 is 4.87 Å². The number of nitrogens with zero attached hydrogens (tertiary/aromatic N) is 1. The number of halogens is 2. The predicted octanol–water partition coefficient (Wildman–Crippen LogP) is 4.07. The van der Waals surface area contributed by atoms with Crippen LogP contribution in [0.2, 0.25) is 5.02 Å². The van der Waals surface area contributed by atoms with Gasteiger partial charge in [0.2, 0.25) is 0 Å². The molecule has 1 atom stereocenters. The monoisotopic (exact) mass is 279 g/mol. The molecular formula is C14H11Cl2NO. The molecule has 18 heavy (non-hydrogen) atoms. The van der Waals surface area contributed by atoms with E-state index in [1.54, 1.807) is 55.7 Å². The van der Waals surface area contributed by atoms with Crippen molar-refractivity contribution < 1.29 is 4.79 Å². The molecule has 0 saturated carbocycles. The highest BCUT2D eigenvalue weighted by Gasteiger charge is 2.33. The van der Waals surface area contributed by atoms with Crippen LogP contribution >= 0.6 is 23.2 Å². The Morgan fingerprint density at radius 2 is 1.89 bits per heavy atom. The van der Waals surface area contributed by atoms with Crippen molar-refractivity contribution in [2.45, 2.75) is 11.8 Å². The van der Waals surface area contributed by atoms with Crippen LogP contribution in [0.4, 0.5) is 0 Å². The maximum Gasteiger partial charge on any atom is 0.187 e. The van der Waals surface area contributed by atoms with E-state index in [9.17, 15) is 4.79 Å². The largest absolute Gasteiger partial charge is 0.292 e.